The first kappa shape index (κ1) is 16.2. The third-order valence-corrected chi connectivity index (χ3v) is 4.43. The normalized spacial score (nSPS) is 20.0. The van der Waals surface area contributed by atoms with E-state index >= 15 is 0 Å². The second-order valence-corrected chi connectivity index (χ2v) is 6.29. The topological polar surface area (TPSA) is 58.2 Å². The molecule has 2 N–H and O–H groups in total. The summed E-state index contributed by atoms with van der Waals surface area (Å²) in [6.45, 7) is 2.46. The fourth-order valence-corrected chi connectivity index (χ4v) is 2.84. The number of benzene rings is 2. The van der Waals surface area contributed by atoms with Gasteiger partial charge in [0.1, 0.15) is 0 Å². The van der Waals surface area contributed by atoms with Gasteiger partial charge in [0.05, 0.1) is 17.9 Å². The molecule has 2 aromatic carbocycles. The zero-order chi connectivity index (χ0) is 16.9. The summed E-state index contributed by atoms with van der Waals surface area (Å²) in [6.07, 6.45) is 0.633. The van der Waals surface area contributed by atoms with Crippen molar-refractivity contribution in [2.45, 2.75) is 25.9 Å². The molecule has 124 valence electrons. The monoisotopic (exact) mass is 322 g/mol. The van der Waals surface area contributed by atoms with Gasteiger partial charge in [0.2, 0.25) is 11.8 Å². The minimum absolute atomic E-state index is 0.0358. The van der Waals surface area contributed by atoms with Crippen LogP contribution in [0.25, 0.3) is 0 Å². The number of nitrogens with one attached hydrogen (secondary N) is 2. The zero-order valence-corrected chi connectivity index (χ0v) is 13.7. The molecule has 3 unspecified atom stereocenters. The number of rotatable bonds is 6. The zero-order valence-electron chi connectivity index (χ0n) is 13.7. The standard InChI is InChI=1S/C20H22N2O2/c1-14(16-10-6-3-7-11-16)22-20(24)18-12-17(18)19(23)21-13-15-8-4-2-5-9-15/h2-11,14,17-18H,12-13H2,1H3,(H,21,23)(H,22,24). The number of amides is 2. The lowest BCUT2D eigenvalue weighted by molar-refractivity contribution is -0.127. The summed E-state index contributed by atoms with van der Waals surface area (Å²) >= 11 is 0. The molecule has 3 atom stereocenters. The maximum Gasteiger partial charge on any atom is 0.224 e. The Hall–Kier alpha value is -2.62. The molecular formula is C20H22N2O2. The van der Waals surface area contributed by atoms with E-state index in [1.807, 2.05) is 67.6 Å². The molecule has 0 aromatic heterocycles. The predicted octanol–water partition coefficient (Wildman–Crippen LogP) is 2.82. The van der Waals surface area contributed by atoms with E-state index < -0.39 is 0 Å². The first-order valence-corrected chi connectivity index (χ1v) is 8.32. The maximum absolute atomic E-state index is 12.3. The van der Waals surface area contributed by atoms with Gasteiger partial charge in [-0.15, -0.1) is 0 Å². The quantitative estimate of drug-likeness (QED) is 0.859. The van der Waals surface area contributed by atoms with Crippen LogP contribution in [0.5, 0.6) is 0 Å². The first-order valence-electron chi connectivity index (χ1n) is 8.32. The van der Waals surface area contributed by atoms with Gasteiger partial charge in [-0.2, -0.15) is 0 Å². The van der Waals surface area contributed by atoms with Crippen LogP contribution in [-0.2, 0) is 16.1 Å². The van der Waals surface area contributed by atoms with Crippen molar-refractivity contribution < 1.29 is 9.59 Å². The van der Waals surface area contributed by atoms with Crippen molar-refractivity contribution in [3.63, 3.8) is 0 Å². The summed E-state index contributed by atoms with van der Waals surface area (Å²) in [4.78, 5) is 24.4. The van der Waals surface area contributed by atoms with Crippen LogP contribution < -0.4 is 10.6 Å². The summed E-state index contributed by atoms with van der Waals surface area (Å²) < 4.78 is 0. The van der Waals surface area contributed by atoms with Crippen LogP contribution in [0.3, 0.4) is 0 Å². The van der Waals surface area contributed by atoms with Gasteiger partial charge in [0.25, 0.3) is 0 Å². The van der Waals surface area contributed by atoms with Gasteiger partial charge >= 0.3 is 0 Å². The fraction of sp³-hybridized carbons (Fsp3) is 0.300. The highest BCUT2D eigenvalue weighted by molar-refractivity contribution is 5.92. The average molecular weight is 322 g/mol. The van der Waals surface area contributed by atoms with Gasteiger partial charge in [-0.3, -0.25) is 9.59 Å². The van der Waals surface area contributed by atoms with Crippen LogP contribution >= 0.6 is 0 Å². The third kappa shape index (κ3) is 4.02. The summed E-state index contributed by atoms with van der Waals surface area (Å²) in [5.41, 5.74) is 2.13. The van der Waals surface area contributed by atoms with Gasteiger partial charge < -0.3 is 10.6 Å². The molecule has 1 fully saturated rings. The Kier molecular flexibility index (Phi) is 4.94. The second kappa shape index (κ2) is 7.30. The van der Waals surface area contributed by atoms with Crippen molar-refractivity contribution in [3.05, 3.63) is 71.8 Å². The van der Waals surface area contributed by atoms with E-state index in [0.717, 1.165) is 11.1 Å². The Morgan fingerprint density at radius 2 is 1.54 bits per heavy atom. The van der Waals surface area contributed by atoms with Crippen LogP contribution in [0.4, 0.5) is 0 Å². The Labute approximate surface area is 142 Å². The third-order valence-electron chi connectivity index (χ3n) is 4.43. The fourth-order valence-electron chi connectivity index (χ4n) is 2.84. The van der Waals surface area contributed by atoms with Crippen molar-refractivity contribution in [2.75, 3.05) is 0 Å². The summed E-state index contributed by atoms with van der Waals surface area (Å²) in [6, 6.07) is 19.6. The molecule has 2 amide bonds. The SMILES string of the molecule is CC(NC(=O)C1CC1C(=O)NCc1ccccc1)c1ccccc1. The molecule has 0 heterocycles. The molecular weight excluding hydrogens is 300 g/mol. The van der Waals surface area contributed by atoms with E-state index in [4.69, 9.17) is 0 Å². The molecule has 2 aromatic rings. The Balaban J connectivity index is 1.46. The molecule has 4 nitrogen and oxygen atoms in total. The Bertz CT molecular complexity index is 700. The Morgan fingerprint density at radius 3 is 2.21 bits per heavy atom. The maximum atomic E-state index is 12.3. The number of hydrogen-bond acceptors (Lipinski definition) is 2. The van der Waals surface area contributed by atoms with E-state index in [0.29, 0.717) is 13.0 Å². The van der Waals surface area contributed by atoms with E-state index in [1.165, 1.54) is 0 Å². The number of hydrogen-bond donors (Lipinski definition) is 2. The molecule has 24 heavy (non-hydrogen) atoms. The van der Waals surface area contributed by atoms with E-state index in [1.54, 1.807) is 0 Å². The molecule has 0 bridgehead atoms. The van der Waals surface area contributed by atoms with Gasteiger partial charge in [-0.1, -0.05) is 60.7 Å². The summed E-state index contributed by atoms with van der Waals surface area (Å²) in [5.74, 6) is -0.471. The van der Waals surface area contributed by atoms with Gasteiger partial charge in [0.15, 0.2) is 0 Å². The van der Waals surface area contributed by atoms with Gasteiger partial charge in [0, 0.05) is 6.54 Å². The molecule has 0 spiro atoms. The average Bonchev–Trinajstić information content (AvgIpc) is 3.42. The summed E-state index contributed by atoms with van der Waals surface area (Å²) in [5, 5.41) is 5.91. The van der Waals surface area contributed by atoms with Crippen molar-refractivity contribution in [3.8, 4) is 0 Å². The molecule has 4 heteroatoms. The van der Waals surface area contributed by atoms with Crippen molar-refractivity contribution >= 4 is 11.8 Å². The van der Waals surface area contributed by atoms with Crippen molar-refractivity contribution in [1.29, 1.82) is 0 Å². The highest BCUT2D eigenvalue weighted by atomic mass is 16.2. The van der Waals surface area contributed by atoms with Crippen LogP contribution in [0.2, 0.25) is 0 Å². The van der Waals surface area contributed by atoms with E-state index in [-0.39, 0.29) is 29.7 Å². The van der Waals surface area contributed by atoms with Crippen molar-refractivity contribution in [2.24, 2.45) is 11.8 Å². The lowest BCUT2D eigenvalue weighted by Crippen LogP contribution is -2.31. The van der Waals surface area contributed by atoms with Gasteiger partial charge in [-0.25, -0.2) is 0 Å². The van der Waals surface area contributed by atoms with Crippen LogP contribution in [0.15, 0.2) is 60.7 Å². The highest BCUT2D eigenvalue weighted by Gasteiger charge is 2.48. The highest BCUT2D eigenvalue weighted by Crippen LogP contribution is 2.39. The van der Waals surface area contributed by atoms with E-state index in [2.05, 4.69) is 10.6 Å². The number of carbonyl (C=O) groups excluding carboxylic acids is 2. The van der Waals surface area contributed by atoms with E-state index in [9.17, 15) is 9.59 Å². The minimum Gasteiger partial charge on any atom is -0.352 e. The number of carbonyl (C=O) groups is 2. The molecule has 1 saturated carbocycles. The molecule has 1 aliphatic rings. The molecule has 0 saturated heterocycles. The predicted molar refractivity (Wildman–Crippen MR) is 92.9 cm³/mol. The largest absolute Gasteiger partial charge is 0.352 e. The molecule has 1 aliphatic carbocycles. The van der Waals surface area contributed by atoms with Crippen molar-refractivity contribution in [1.82, 2.24) is 10.6 Å². The summed E-state index contributed by atoms with van der Waals surface area (Å²) in [7, 11) is 0. The van der Waals surface area contributed by atoms with Crippen LogP contribution in [0.1, 0.15) is 30.5 Å². The Morgan fingerprint density at radius 1 is 0.958 bits per heavy atom. The smallest absolute Gasteiger partial charge is 0.224 e. The molecule has 0 radical (unpaired) electrons. The first-order chi connectivity index (χ1) is 11.6. The lowest BCUT2D eigenvalue weighted by atomic mass is 10.1. The second-order valence-electron chi connectivity index (χ2n) is 6.29. The lowest BCUT2D eigenvalue weighted by Gasteiger charge is -2.14. The van der Waals surface area contributed by atoms with Gasteiger partial charge in [-0.05, 0) is 24.5 Å². The van der Waals surface area contributed by atoms with Crippen LogP contribution in [-0.4, -0.2) is 11.8 Å². The molecule has 0 aliphatic heterocycles. The minimum atomic E-state index is -0.202. The van der Waals surface area contributed by atoms with Crippen LogP contribution in [0, 0.1) is 11.8 Å². The molecule has 3 rings (SSSR count).